The van der Waals surface area contributed by atoms with Crippen LogP contribution in [-0.2, 0) is 27.0 Å². The van der Waals surface area contributed by atoms with E-state index in [2.05, 4.69) is 22.3 Å². The Morgan fingerprint density at radius 1 is 0.917 bits per heavy atom. The van der Waals surface area contributed by atoms with Crippen LogP contribution in [0.1, 0.15) is 54.3 Å². The molecule has 7 heteroatoms. The largest absolute Gasteiger partial charge is 0.421 e. The zero-order valence-electron chi connectivity index (χ0n) is 19.9. The molecule has 1 aliphatic heterocycles. The van der Waals surface area contributed by atoms with Gasteiger partial charge in [0.1, 0.15) is 0 Å². The molecule has 1 amide bonds. The summed E-state index contributed by atoms with van der Waals surface area (Å²) in [6.45, 7) is 1.87. The molecule has 3 atom stereocenters. The van der Waals surface area contributed by atoms with Gasteiger partial charge in [-0.25, -0.2) is 0 Å². The van der Waals surface area contributed by atoms with E-state index in [0.29, 0.717) is 5.89 Å². The number of aliphatic hydroxyl groups excluding tert-OH is 1. The van der Waals surface area contributed by atoms with E-state index in [4.69, 9.17) is 9.15 Å². The minimum atomic E-state index is -1.64. The molecule has 6 rings (SSSR count). The zero-order chi connectivity index (χ0) is 24.8. The Morgan fingerprint density at radius 2 is 1.50 bits per heavy atom. The summed E-state index contributed by atoms with van der Waals surface area (Å²) < 4.78 is 12.4. The normalized spacial score (nSPS) is 23.6. The van der Waals surface area contributed by atoms with E-state index in [1.807, 2.05) is 85.8 Å². The average molecular weight is 482 g/mol. The third-order valence-corrected chi connectivity index (χ3v) is 7.38. The number of rotatable bonds is 7. The van der Waals surface area contributed by atoms with Crippen molar-refractivity contribution in [1.29, 1.82) is 0 Å². The molecule has 1 saturated heterocycles. The summed E-state index contributed by atoms with van der Waals surface area (Å²) in [5.41, 5.74) is 0.863. The number of carbonyl (C=O) groups is 1. The summed E-state index contributed by atoms with van der Waals surface area (Å²) in [5.74, 6) is 0.127. The van der Waals surface area contributed by atoms with Gasteiger partial charge in [0.05, 0.1) is 11.5 Å². The van der Waals surface area contributed by atoms with Gasteiger partial charge in [-0.3, -0.25) is 9.69 Å². The molecule has 1 N–H and O–H groups in total. The van der Waals surface area contributed by atoms with E-state index in [-0.39, 0.29) is 17.7 Å². The third-order valence-electron chi connectivity index (χ3n) is 7.38. The highest BCUT2D eigenvalue weighted by molar-refractivity contribution is 5.88. The highest BCUT2D eigenvalue weighted by Crippen LogP contribution is 2.53. The molecule has 1 saturated carbocycles. The van der Waals surface area contributed by atoms with Gasteiger partial charge in [0.15, 0.2) is 0 Å². The van der Waals surface area contributed by atoms with Gasteiger partial charge < -0.3 is 14.3 Å². The maximum atomic E-state index is 14.1. The van der Waals surface area contributed by atoms with Crippen molar-refractivity contribution < 1.29 is 19.1 Å². The molecule has 3 aromatic carbocycles. The quantitative estimate of drug-likeness (QED) is 0.419. The molecule has 0 radical (unpaired) electrons. The number of hydrogen-bond donors (Lipinski definition) is 1. The van der Waals surface area contributed by atoms with Crippen LogP contribution in [0.25, 0.3) is 0 Å². The number of ether oxygens (including phenoxy) is 1. The Labute approximate surface area is 209 Å². The number of amides is 1. The van der Waals surface area contributed by atoms with Crippen LogP contribution < -0.4 is 0 Å². The van der Waals surface area contributed by atoms with Gasteiger partial charge in [-0.15, -0.1) is 10.2 Å². The average Bonchev–Trinajstić information content (AvgIpc) is 3.50. The lowest BCUT2D eigenvalue weighted by Crippen LogP contribution is -2.42. The van der Waals surface area contributed by atoms with Crippen molar-refractivity contribution in [3.8, 4) is 0 Å². The molecule has 7 nitrogen and oxygen atoms in total. The Hall–Kier alpha value is -3.81. The van der Waals surface area contributed by atoms with Crippen LogP contribution in [0.5, 0.6) is 0 Å². The number of nitrogens with zero attached hydrogens (tertiary/aromatic N) is 3. The summed E-state index contributed by atoms with van der Waals surface area (Å²) in [6.07, 6.45) is 0.468. The summed E-state index contributed by atoms with van der Waals surface area (Å²) in [4.78, 5) is 15.5. The molecule has 0 spiro atoms. The van der Waals surface area contributed by atoms with Crippen LogP contribution in [-0.4, -0.2) is 32.5 Å². The Kier molecular flexibility index (Phi) is 5.47. The van der Waals surface area contributed by atoms with Crippen molar-refractivity contribution >= 4 is 5.91 Å². The molecular weight excluding hydrogens is 454 g/mol. The molecule has 2 heterocycles. The minimum Gasteiger partial charge on any atom is -0.421 e. The van der Waals surface area contributed by atoms with Crippen LogP contribution in [0, 0.1) is 0 Å². The number of aliphatic hydroxyl groups is 1. The fourth-order valence-corrected chi connectivity index (χ4v) is 5.16. The van der Waals surface area contributed by atoms with Gasteiger partial charge >= 0.3 is 0 Å². The summed E-state index contributed by atoms with van der Waals surface area (Å²) in [6, 6.07) is 28.7. The highest BCUT2D eigenvalue weighted by atomic mass is 16.7. The number of aromatic nitrogens is 2. The lowest BCUT2D eigenvalue weighted by atomic mass is 9.92. The zero-order valence-corrected chi connectivity index (χ0v) is 19.9. The maximum absolute atomic E-state index is 14.1. The van der Waals surface area contributed by atoms with E-state index >= 15 is 0 Å². The second-order valence-electron chi connectivity index (χ2n) is 9.59. The predicted octanol–water partition coefficient (Wildman–Crippen LogP) is 4.48. The van der Waals surface area contributed by atoms with Crippen LogP contribution >= 0.6 is 0 Å². The molecule has 1 aromatic heterocycles. The van der Waals surface area contributed by atoms with Crippen molar-refractivity contribution in [2.24, 2.45) is 0 Å². The third kappa shape index (κ3) is 3.63. The molecule has 2 fully saturated rings. The summed E-state index contributed by atoms with van der Waals surface area (Å²) in [7, 11) is 0. The topological polar surface area (TPSA) is 88.7 Å². The molecule has 2 aliphatic rings. The van der Waals surface area contributed by atoms with Crippen molar-refractivity contribution in [2.45, 2.75) is 49.7 Å². The highest BCUT2D eigenvalue weighted by Gasteiger charge is 2.60. The number of benzene rings is 3. The van der Waals surface area contributed by atoms with Gasteiger partial charge in [-0.05, 0) is 36.5 Å². The van der Waals surface area contributed by atoms with Gasteiger partial charge in [-0.1, -0.05) is 91.0 Å². The number of hydrogen-bond acceptors (Lipinski definition) is 6. The lowest BCUT2D eigenvalue weighted by Gasteiger charge is -2.27. The first-order chi connectivity index (χ1) is 17.5. The van der Waals surface area contributed by atoms with Gasteiger partial charge in [-0.2, -0.15) is 0 Å². The van der Waals surface area contributed by atoms with Gasteiger partial charge in [0, 0.05) is 6.42 Å². The standard InChI is InChI=1S/C29H27N3O4/c1-20(22-13-7-3-8-14-22)32-26(33)29(36-27(32)34,19-21-11-5-2-6-12-21)25-31-30-24(35-25)28(17-18-28)23-15-9-4-10-16-23/h2-16,20,27,34H,17-19H2,1H3/t20-,27?,29-/m1/s1. The van der Waals surface area contributed by atoms with E-state index in [1.165, 1.54) is 4.90 Å². The van der Waals surface area contributed by atoms with E-state index < -0.39 is 24.0 Å². The van der Waals surface area contributed by atoms with Gasteiger partial charge in [0.2, 0.25) is 17.9 Å². The fourth-order valence-electron chi connectivity index (χ4n) is 5.16. The van der Waals surface area contributed by atoms with Crippen molar-refractivity contribution in [2.75, 3.05) is 0 Å². The van der Waals surface area contributed by atoms with E-state index in [0.717, 1.165) is 29.5 Å². The molecule has 4 aromatic rings. The molecular formula is C29H27N3O4. The smallest absolute Gasteiger partial charge is 0.269 e. The summed E-state index contributed by atoms with van der Waals surface area (Å²) >= 11 is 0. The molecule has 0 bridgehead atoms. The first kappa shape index (κ1) is 22.6. The fraction of sp³-hybridized carbons (Fsp3) is 0.276. The van der Waals surface area contributed by atoms with Crippen molar-refractivity contribution in [3.05, 3.63) is 119 Å². The van der Waals surface area contributed by atoms with Crippen LogP contribution in [0.4, 0.5) is 0 Å². The Balaban J connectivity index is 1.41. The van der Waals surface area contributed by atoms with Crippen LogP contribution in [0.2, 0.25) is 0 Å². The Bertz CT molecular complexity index is 1360. The first-order valence-electron chi connectivity index (χ1n) is 12.2. The predicted molar refractivity (Wildman–Crippen MR) is 131 cm³/mol. The summed E-state index contributed by atoms with van der Waals surface area (Å²) in [5, 5.41) is 19.8. The second-order valence-corrected chi connectivity index (χ2v) is 9.59. The van der Waals surface area contributed by atoms with E-state index in [1.54, 1.807) is 0 Å². The second kappa shape index (κ2) is 8.69. The van der Waals surface area contributed by atoms with Crippen molar-refractivity contribution in [3.63, 3.8) is 0 Å². The van der Waals surface area contributed by atoms with Crippen LogP contribution in [0.3, 0.4) is 0 Å². The molecule has 1 unspecified atom stereocenters. The molecule has 1 aliphatic carbocycles. The molecule has 182 valence electrons. The molecule has 36 heavy (non-hydrogen) atoms. The van der Waals surface area contributed by atoms with Gasteiger partial charge in [0.25, 0.3) is 11.8 Å². The lowest BCUT2D eigenvalue weighted by molar-refractivity contribution is -0.190. The van der Waals surface area contributed by atoms with E-state index in [9.17, 15) is 9.90 Å². The maximum Gasteiger partial charge on any atom is 0.269 e. The SMILES string of the molecule is C[C@H](c1ccccc1)N1C(=O)[C@@](Cc2ccccc2)(c2nnc(C3(c4ccccc4)CC3)o2)OC1O. The monoisotopic (exact) mass is 481 g/mol. The first-order valence-corrected chi connectivity index (χ1v) is 12.2. The Morgan fingerprint density at radius 3 is 2.14 bits per heavy atom. The van der Waals surface area contributed by atoms with Crippen molar-refractivity contribution in [1.82, 2.24) is 15.1 Å². The number of carbonyl (C=O) groups excluding carboxylic acids is 1. The minimum absolute atomic E-state index is 0.0652. The van der Waals surface area contributed by atoms with Crippen LogP contribution in [0.15, 0.2) is 95.4 Å².